The van der Waals surface area contributed by atoms with Gasteiger partial charge < -0.3 is 15.7 Å². The number of aromatic nitrogens is 2. The van der Waals surface area contributed by atoms with Crippen molar-refractivity contribution < 1.29 is 9.50 Å². The van der Waals surface area contributed by atoms with Gasteiger partial charge in [-0.25, -0.2) is 9.37 Å². The summed E-state index contributed by atoms with van der Waals surface area (Å²) in [6.45, 7) is 3.71. The minimum atomic E-state index is -0.449. The first kappa shape index (κ1) is 12.0. The van der Waals surface area contributed by atoms with Crippen LogP contribution in [0.5, 0.6) is 0 Å². The van der Waals surface area contributed by atoms with E-state index in [1.807, 2.05) is 4.90 Å². The molecule has 94 valence electrons. The molecule has 1 aliphatic heterocycles. The maximum absolute atomic E-state index is 13.5. The van der Waals surface area contributed by atoms with Gasteiger partial charge in [0.25, 0.3) is 0 Å². The Kier molecular flexibility index (Phi) is 3.70. The highest BCUT2D eigenvalue weighted by atomic mass is 19.1. The normalized spacial score (nSPS) is 17.4. The summed E-state index contributed by atoms with van der Waals surface area (Å²) in [7, 11) is 0. The summed E-state index contributed by atoms with van der Waals surface area (Å²) in [5.41, 5.74) is 5.45. The number of hydrogen-bond acceptors (Lipinski definition) is 6. The second-order valence-electron chi connectivity index (χ2n) is 3.95. The predicted molar refractivity (Wildman–Crippen MR) is 62.1 cm³/mol. The third-order valence-electron chi connectivity index (χ3n) is 2.83. The van der Waals surface area contributed by atoms with E-state index in [0.717, 1.165) is 19.3 Å². The van der Waals surface area contributed by atoms with Gasteiger partial charge in [0.2, 0.25) is 5.95 Å². The van der Waals surface area contributed by atoms with Crippen molar-refractivity contribution >= 4 is 11.8 Å². The molecule has 2 rings (SSSR count). The molecule has 6 nitrogen and oxygen atoms in total. The number of rotatable bonds is 3. The van der Waals surface area contributed by atoms with Crippen LogP contribution >= 0.6 is 0 Å². The van der Waals surface area contributed by atoms with E-state index >= 15 is 0 Å². The average Bonchev–Trinajstić information content (AvgIpc) is 2.34. The molecule has 1 aliphatic rings. The molecule has 1 aromatic rings. The maximum Gasteiger partial charge on any atom is 0.222 e. The van der Waals surface area contributed by atoms with Gasteiger partial charge in [-0.15, -0.1) is 0 Å². The summed E-state index contributed by atoms with van der Waals surface area (Å²) in [5.74, 6) is -0.102. The number of anilines is 2. The van der Waals surface area contributed by atoms with Crippen molar-refractivity contribution in [3.63, 3.8) is 0 Å². The van der Waals surface area contributed by atoms with E-state index in [9.17, 15) is 4.39 Å². The molecule has 0 aromatic carbocycles. The van der Waals surface area contributed by atoms with E-state index in [1.54, 1.807) is 0 Å². The van der Waals surface area contributed by atoms with Crippen LogP contribution in [0.1, 0.15) is 0 Å². The Morgan fingerprint density at radius 2 is 2.06 bits per heavy atom. The molecule has 7 heteroatoms. The lowest BCUT2D eigenvalue weighted by Gasteiger charge is -2.35. The molecular weight excluding hydrogens is 225 g/mol. The van der Waals surface area contributed by atoms with E-state index in [0.29, 0.717) is 19.6 Å². The van der Waals surface area contributed by atoms with Crippen molar-refractivity contribution in [2.24, 2.45) is 0 Å². The monoisotopic (exact) mass is 241 g/mol. The van der Waals surface area contributed by atoms with Gasteiger partial charge in [0.1, 0.15) is 0 Å². The Balaban J connectivity index is 2.02. The van der Waals surface area contributed by atoms with E-state index in [-0.39, 0.29) is 18.4 Å². The van der Waals surface area contributed by atoms with Gasteiger partial charge in [0.05, 0.1) is 12.8 Å². The number of aliphatic hydroxyl groups excluding tert-OH is 1. The summed E-state index contributed by atoms with van der Waals surface area (Å²) in [6, 6.07) is 0. The fraction of sp³-hybridized carbons (Fsp3) is 0.600. The van der Waals surface area contributed by atoms with Crippen LogP contribution < -0.4 is 10.6 Å². The molecule has 0 radical (unpaired) electrons. The zero-order valence-corrected chi connectivity index (χ0v) is 9.51. The van der Waals surface area contributed by atoms with Crippen LogP contribution in [-0.4, -0.2) is 59.3 Å². The number of nitrogens with zero attached hydrogens (tertiary/aromatic N) is 4. The lowest BCUT2D eigenvalue weighted by Crippen LogP contribution is -2.47. The Bertz CT molecular complexity index is 381. The Labute approximate surface area is 98.9 Å². The summed E-state index contributed by atoms with van der Waals surface area (Å²) in [4.78, 5) is 11.5. The lowest BCUT2D eigenvalue weighted by molar-refractivity contribution is 0.188. The molecule has 2 heterocycles. The molecule has 0 unspecified atom stereocenters. The van der Waals surface area contributed by atoms with Crippen molar-refractivity contribution in [3.8, 4) is 0 Å². The Hall–Kier alpha value is -1.47. The van der Waals surface area contributed by atoms with Crippen LogP contribution in [0.4, 0.5) is 16.2 Å². The van der Waals surface area contributed by atoms with E-state index in [2.05, 4.69) is 14.9 Å². The Morgan fingerprint density at radius 3 is 2.71 bits per heavy atom. The minimum Gasteiger partial charge on any atom is -0.395 e. The maximum atomic E-state index is 13.5. The number of hydrogen-bond donors (Lipinski definition) is 2. The van der Waals surface area contributed by atoms with Crippen LogP contribution in [0.3, 0.4) is 0 Å². The number of nitrogen functional groups attached to an aromatic ring is 1. The zero-order valence-electron chi connectivity index (χ0n) is 9.51. The molecule has 1 saturated heterocycles. The molecule has 17 heavy (non-hydrogen) atoms. The number of nitrogens with two attached hydrogens (primary N) is 1. The third kappa shape index (κ3) is 2.80. The first-order chi connectivity index (χ1) is 8.20. The van der Waals surface area contributed by atoms with Crippen LogP contribution in [0, 0.1) is 5.82 Å². The van der Waals surface area contributed by atoms with Gasteiger partial charge in [-0.1, -0.05) is 0 Å². The van der Waals surface area contributed by atoms with Crippen LogP contribution in [0.2, 0.25) is 0 Å². The number of halogens is 1. The van der Waals surface area contributed by atoms with Crippen LogP contribution in [-0.2, 0) is 0 Å². The van der Waals surface area contributed by atoms with Gasteiger partial charge in [-0.3, -0.25) is 4.90 Å². The summed E-state index contributed by atoms with van der Waals surface area (Å²) >= 11 is 0. The molecular formula is C10H16FN5O. The van der Waals surface area contributed by atoms with Crippen LogP contribution in [0.25, 0.3) is 0 Å². The van der Waals surface area contributed by atoms with E-state index in [4.69, 9.17) is 10.8 Å². The van der Waals surface area contributed by atoms with Gasteiger partial charge in [0.15, 0.2) is 11.6 Å². The van der Waals surface area contributed by atoms with Crippen LogP contribution in [0.15, 0.2) is 6.20 Å². The molecule has 0 aliphatic carbocycles. The number of piperazine rings is 1. The molecule has 0 saturated carbocycles. The molecule has 1 aromatic heterocycles. The highest BCUT2D eigenvalue weighted by Gasteiger charge is 2.20. The van der Waals surface area contributed by atoms with E-state index in [1.165, 1.54) is 0 Å². The molecule has 0 bridgehead atoms. The summed E-state index contributed by atoms with van der Waals surface area (Å²) < 4.78 is 13.5. The lowest BCUT2D eigenvalue weighted by atomic mass is 10.3. The molecule has 0 spiro atoms. The molecule has 1 fully saturated rings. The molecule has 0 atom stereocenters. The highest BCUT2D eigenvalue weighted by Crippen LogP contribution is 2.17. The summed E-state index contributed by atoms with van der Waals surface area (Å²) in [6.07, 6.45) is 1.10. The smallest absolute Gasteiger partial charge is 0.222 e. The second-order valence-corrected chi connectivity index (χ2v) is 3.95. The van der Waals surface area contributed by atoms with Crippen molar-refractivity contribution in [2.75, 3.05) is 50.0 Å². The van der Waals surface area contributed by atoms with Crippen molar-refractivity contribution in [1.82, 2.24) is 14.9 Å². The average molecular weight is 241 g/mol. The second kappa shape index (κ2) is 5.24. The number of aliphatic hydroxyl groups is 1. The number of β-amino-alcohol motifs (C(OH)–C–C–N with tert-alkyl or cyclic N) is 1. The topological polar surface area (TPSA) is 78.5 Å². The minimum absolute atomic E-state index is 0.0826. The van der Waals surface area contributed by atoms with Crippen molar-refractivity contribution in [3.05, 3.63) is 12.0 Å². The third-order valence-corrected chi connectivity index (χ3v) is 2.83. The quantitative estimate of drug-likeness (QED) is 0.729. The first-order valence-corrected chi connectivity index (χ1v) is 5.57. The van der Waals surface area contributed by atoms with Crippen molar-refractivity contribution in [2.45, 2.75) is 0 Å². The SMILES string of the molecule is Nc1ncc(F)c(N2CCN(CCO)CC2)n1. The van der Waals surface area contributed by atoms with Gasteiger partial charge in [-0.2, -0.15) is 4.98 Å². The largest absolute Gasteiger partial charge is 0.395 e. The molecule has 0 amide bonds. The van der Waals surface area contributed by atoms with E-state index < -0.39 is 5.82 Å². The highest BCUT2D eigenvalue weighted by molar-refractivity contribution is 5.42. The first-order valence-electron chi connectivity index (χ1n) is 5.57. The fourth-order valence-corrected chi connectivity index (χ4v) is 1.92. The molecule has 3 N–H and O–H groups in total. The standard InChI is InChI=1S/C10H16FN5O/c11-8-7-13-10(12)14-9(8)16-3-1-15(2-4-16)5-6-17/h7,17H,1-6H2,(H2,12,13,14). The van der Waals surface area contributed by atoms with Gasteiger partial charge in [-0.05, 0) is 0 Å². The van der Waals surface area contributed by atoms with Gasteiger partial charge >= 0.3 is 0 Å². The fourth-order valence-electron chi connectivity index (χ4n) is 1.92. The Morgan fingerprint density at radius 1 is 1.35 bits per heavy atom. The van der Waals surface area contributed by atoms with Gasteiger partial charge in [0, 0.05) is 32.7 Å². The zero-order chi connectivity index (χ0) is 12.3. The predicted octanol–water partition coefficient (Wildman–Crippen LogP) is -0.688. The van der Waals surface area contributed by atoms with Crippen molar-refractivity contribution in [1.29, 1.82) is 0 Å². The summed E-state index contributed by atoms with van der Waals surface area (Å²) in [5, 5.41) is 8.83.